The molecule has 4 aromatic rings. The number of imidazole rings is 1. The first-order valence-electron chi connectivity index (χ1n) is 24.0. The van der Waals surface area contributed by atoms with Gasteiger partial charge >= 0.3 is 0 Å². The van der Waals surface area contributed by atoms with E-state index in [9.17, 15) is 38.4 Å². The molecule has 72 heavy (non-hydrogen) atoms. The molecule has 0 aliphatic carbocycles. The zero-order chi connectivity index (χ0) is 52.2. The summed E-state index contributed by atoms with van der Waals surface area (Å²) < 4.78 is 0. The molecule has 1 fully saturated rings. The molecule has 2 aromatic heterocycles. The van der Waals surface area contributed by atoms with Crippen LogP contribution in [0.3, 0.4) is 0 Å². The van der Waals surface area contributed by atoms with E-state index in [0.717, 1.165) is 10.9 Å². The van der Waals surface area contributed by atoms with Gasteiger partial charge in [0.2, 0.25) is 47.3 Å². The van der Waals surface area contributed by atoms with Crippen LogP contribution >= 0.6 is 0 Å². The van der Waals surface area contributed by atoms with Crippen molar-refractivity contribution in [1.29, 1.82) is 0 Å². The Morgan fingerprint density at radius 3 is 2.15 bits per heavy atom. The molecule has 24 heteroatoms. The number of nitrogens with two attached hydrogens (primary N) is 5. The number of hydrogen-bond acceptors (Lipinski definition) is 12. The summed E-state index contributed by atoms with van der Waals surface area (Å²) in [6.07, 6.45) is 7.00. The van der Waals surface area contributed by atoms with Crippen LogP contribution in [0.5, 0.6) is 0 Å². The first-order chi connectivity index (χ1) is 34.5. The van der Waals surface area contributed by atoms with Gasteiger partial charge in [0.15, 0.2) is 5.96 Å². The van der Waals surface area contributed by atoms with Crippen molar-refractivity contribution in [3.8, 4) is 0 Å². The Hall–Kier alpha value is -7.86. The average molecular weight is 997 g/mol. The molecule has 0 unspecified atom stereocenters. The van der Waals surface area contributed by atoms with Gasteiger partial charge < -0.3 is 75.4 Å². The van der Waals surface area contributed by atoms with Gasteiger partial charge in [0, 0.05) is 61.3 Å². The van der Waals surface area contributed by atoms with Gasteiger partial charge in [-0.2, -0.15) is 0 Å². The molecule has 18 N–H and O–H groups in total. The maximum absolute atomic E-state index is 14.5. The Balaban J connectivity index is 1.35. The smallest absolute Gasteiger partial charge is 0.245 e. The highest BCUT2D eigenvalue weighted by molar-refractivity contribution is 5.97. The number of aromatic nitrogens is 3. The number of nitrogens with one attached hydrogen (secondary N) is 8. The van der Waals surface area contributed by atoms with Crippen LogP contribution in [0.4, 0.5) is 0 Å². The fraction of sp³-hybridized carbons (Fsp3) is 0.458. The second-order valence-corrected chi connectivity index (χ2v) is 17.7. The Morgan fingerprint density at radius 2 is 1.44 bits per heavy atom. The zero-order valence-corrected chi connectivity index (χ0v) is 40.4. The van der Waals surface area contributed by atoms with Gasteiger partial charge in [-0.1, -0.05) is 48.5 Å². The van der Waals surface area contributed by atoms with E-state index in [-0.39, 0.29) is 57.6 Å². The maximum Gasteiger partial charge on any atom is 0.245 e. The summed E-state index contributed by atoms with van der Waals surface area (Å²) in [6.45, 7) is 1.49. The standard InChI is InChI=1S/C48H68N16O8/c1-28(41(51)66)59-46(71)39-17-10-20-64(39)47(72)36(15-7-8-18-49)60-40(65)26-57-43(68)38(22-30-24-56-34-14-6-5-13-32(30)34)63-44(69)35(16-9-19-55-48(52)53)61-45(70)37(21-29-11-3-2-4-12-29)62-42(67)33(50)23-31-25-54-27-58-31/h2-6,11-14,24-25,27-28,33,35-39,56H,7-10,15-23,26,49-50H2,1H3,(H2,51,66)(H,54,58)(H,57,68)(H,59,71)(H,60,65)(H,61,70)(H,62,67)(H,63,69)(H4,52,53,55)/t28-,33-,35-,36-,37-,38-,39+/m0/s1. The summed E-state index contributed by atoms with van der Waals surface area (Å²) in [5, 5.41) is 16.9. The number of aromatic amines is 2. The number of H-pyrrole nitrogens is 2. The van der Waals surface area contributed by atoms with Crippen LogP contribution in [0.2, 0.25) is 0 Å². The second kappa shape index (κ2) is 27.5. The monoisotopic (exact) mass is 997 g/mol. The van der Waals surface area contributed by atoms with Gasteiger partial charge in [-0.05, 0) is 75.6 Å². The largest absolute Gasteiger partial charge is 0.370 e. The number of benzene rings is 2. The van der Waals surface area contributed by atoms with Crippen LogP contribution in [0.25, 0.3) is 10.9 Å². The molecule has 388 valence electrons. The molecule has 5 rings (SSSR count). The third kappa shape index (κ3) is 16.6. The number of hydrogen-bond donors (Lipinski definition) is 13. The van der Waals surface area contributed by atoms with E-state index >= 15 is 0 Å². The molecule has 0 saturated carbocycles. The summed E-state index contributed by atoms with van der Waals surface area (Å²) in [5.74, 6) is -5.58. The number of likely N-dealkylation sites (tertiary alicyclic amines) is 1. The molecule has 0 bridgehead atoms. The van der Waals surface area contributed by atoms with Crippen LogP contribution in [0.15, 0.2) is 78.3 Å². The first kappa shape index (κ1) is 55.1. The summed E-state index contributed by atoms with van der Waals surface area (Å²) >= 11 is 0. The number of guanidine groups is 1. The normalized spacial score (nSPS) is 15.7. The van der Waals surface area contributed by atoms with Crippen molar-refractivity contribution in [1.82, 2.24) is 51.8 Å². The van der Waals surface area contributed by atoms with Gasteiger partial charge in [-0.3, -0.25) is 43.3 Å². The van der Waals surface area contributed by atoms with Crippen molar-refractivity contribution in [3.05, 3.63) is 90.1 Å². The lowest BCUT2D eigenvalue weighted by molar-refractivity contribution is -0.142. The van der Waals surface area contributed by atoms with E-state index < -0.39 is 96.1 Å². The topological polar surface area (TPSA) is 399 Å². The molecule has 3 heterocycles. The van der Waals surface area contributed by atoms with Gasteiger partial charge in [-0.25, -0.2) is 4.98 Å². The van der Waals surface area contributed by atoms with Crippen molar-refractivity contribution in [3.63, 3.8) is 0 Å². The fourth-order valence-corrected chi connectivity index (χ4v) is 8.28. The van der Waals surface area contributed by atoms with E-state index in [2.05, 4.69) is 51.8 Å². The Morgan fingerprint density at radius 1 is 0.764 bits per heavy atom. The number of para-hydroxylation sites is 1. The lowest BCUT2D eigenvalue weighted by Crippen LogP contribution is -2.59. The summed E-state index contributed by atoms with van der Waals surface area (Å²) in [6, 6.07) is 8.44. The number of carbonyl (C=O) groups excluding carboxylic acids is 8. The predicted molar refractivity (Wildman–Crippen MR) is 267 cm³/mol. The van der Waals surface area contributed by atoms with E-state index in [4.69, 9.17) is 28.7 Å². The number of primary amides is 1. The van der Waals surface area contributed by atoms with Crippen molar-refractivity contribution in [2.45, 2.75) is 113 Å². The Bertz CT molecular complexity index is 2500. The van der Waals surface area contributed by atoms with Gasteiger partial charge in [0.25, 0.3) is 0 Å². The molecule has 24 nitrogen and oxygen atoms in total. The van der Waals surface area contributed by atoms with E-state index in [1.807, 2.05) is 24.3 Å². The van der Waals surface area contributed by atoms with E-state index in [1.165, 1.54) is 24.3 Å². The summed E-state index contributed by atoms with van der Waals surface area (Å²) in [5.41, 5.74) is 31.2. The third-order valence-corrected chi connectivity index (χ3v) is 12.2. The number of fused-ring (bicyclic) bond motifs is 1. The summed E-state index contributed by atoms with van der Waals surface area (Å²) in [4.78, 5) is 124. The SMILES string of the molecule is C[C@H](NC(=O)[C@H]1CCCN1C(=O)[C@H](CCCCN)NC(=O)CNC(=O)[C@H](Cc1c[nH]c2ccccc12)NC(=O)[C@H](CCCN=C(N)N)NC(=O)[C@H](Cc1ccccc1)NC(=O)[C@@H](N)Cc1cnc[nH]1)C(N)=O. The molecular formula is C48H68N16O8. The van der Waals surface area contributed by atoms with Crippen molar-refractivity contribution < 1.29 is 38.4 Å². The highest BCUT2D eigenvalue weighted by atomic mass is 16.2. The van der Waals surface area contributed by atoms with Crippen LogP contribution in [0, 0.1) is 0 Å². The molecular weight excluding hydrogens is 929 g/mol. The predicted octanol–water partition coefficient (Wildman–Crippen LogP) is -2.53. The van der Waals surface area contributed by atoms with Gasteiger partial charge in [-0.15, -0.1) is 0 Å². The number of nitrogens with zero attached hydrogens (tertiary/aromatic N) is 3. The number of rotatable bonds is 28. The number of amides is 8. The molecule has 0 radical (unpaired) electrons. The van der Waals surface area contributed by atoms with E-state index in [1.54, 1.807) is 36.5 Å². The lowest BCUT2D eigenvalue weighted by Gasteiger charge is -2.29. The maximum atomic E-state index is 14.5. The third-order valence-electron chi connectivity index (χ3n) is 12.2. The Kier molecular flexibility index (Phi) is 21.0. The van der Waals surface area contributed by atoms with Crippen molar-refractivity contribution in [2.24, 2.45) is 33.7 Å². The first-order valence-corrected chi connectivity index (χ1v) is 24.0. The Labute approximate surface area is 416 Å². The number of aliphatic imine (C=N–C) groups is 1. The van der Waals surface area contributed by atoms with Crippen LogP contribution in [-0.4, -0.2) is 142 Å². The molecule has 8 amide bonds. The van der Waals surface area contributed by atoms with E-state index in [0.29, 0.717) is 49.0 Å². The number of carbonyl (C=O) groups is 8. The minimum Gasteiger partial charge on any atom is -0.370 e. The van der Waals surface area contributed by atoms with Crippen molar-refractivity contribution >= 4 is 64.1 Å². The second-order valence-electron chi connectivity index (χ2n) is 17.7. The average Bonchev–Trinajstić information content (AvgIpc) is 4.16. The molecule has 1 aliphatic heterocycles. The van der Waals surface area contributed by atoms with Crippen LogP contribution < -0.4 is 60.6 Å². The molecule has 1 saturated heterocycles. The highest BCUT2D eigenvalue weighted by Crippen LogP contribution is 2.21. The van der Waals surface area contributed by atoms with Gasteiger partial charge in [0.05, 0.1) is 18.9 Å². The molecule has 0 spiro atoms. The number of unbranched alkanes of at least 4 members (excludes halogenated alkanes) is 1. The minimum absolute atomic E-state index is 0.00714. The highest BCUT2D eigenvalue weighted by Gasteiger charge is 2.38. The molecule has 2 aromatic carbocycles. The van der Waals surface area contributed by atoms with Crippen LogP contribution in [-0.2, 0) is 57.6 Å². The van der Waals surface area contributed by atoms with Crippen LogP contribution in [0.1, 0.15) is 68.7 Å². The fourth-order valence-electron chi connectivity index (χ4n) is 8.28. The molecule has 1 aliphatic rings. The summed E-state index contributed by atoms with van der Waals surface area (Å²) in [7, 11) is 0. The molecule has 7 atom stereocenters. The van der Waals surface area contributed by atoms with Crippen molar-refractivity contribution in [2.75, 3.05) is 26.2 Å². The quantitative estimate of drug-likeness (QED) is 0.0159. The zero-order valence-electron chi connectivity index (χ0n) is 40.4. The lowest BCUT2D eigenvalue weighted by atomic mass is 10.0. The van der Waals surface area contributed by atoms with Gasteiger partial charge in [0.1, 0.15) is 36.3 Å². The minimum atomic E-state index is -1.32.